The molecule has 0 unspecified atom stereocenters. The zero-order chi connectivity index (χ0) is 11.3. The van der Waals surface area contributed by atoms with E-state index < -0.39 is 0 Å². The Kier molecular flexibility index (Phi) is 3.92. The maximum absolute atomic E-state index is 5.73. The minimum Gasteiger partial charge on any atom is -0.369 e. The summed E-state index contributed by atoms with van der Waals surface area (Å²) in [5.41, 5.74) is 7.82. The van der Waals surface area contributed by atoms with Crippen molar-refractivity contribution in [1.29, 1.82) is 0 Å². The van der Waals surface area contributed by atoms with Crippen LogP contribution in [0.15, 0.2) is 36.5 Å². The van der Waals surface area contributed by atoms with Crippen LogP contribution in [0.25, 0.3) is 5.69 Å². The molecule has 0 atom stereocenters. The van der Waals surface area contributed by atoms with Gasteiger partial charge in [-0.25, -0.2) is 4.98 Å². The number of aromatic nitrogens is 2. The van der Waals surface area contributed by atoms with Crippen LogP contribution < -0.4 is 5.73 Å². The lowest BCUT2D eigenvalue weighted by atomic mass is 10.3. The molecule has 2 aromatic rings. The first kappa shape index (κ1) is 11.3. The van der Waals surface area contributed by atoms with Crippen LogP contribution >= 0.6 is 0 Å². The van der Waals surface area contributed by atoms with E-state index in [2.05, 4.69) is 4.98 Å². The van der Waals surface area contributed by atoms with Gasteiger partial charge in [-0.05, 0) is 19.1 Å². The van der Waals surface area contributed by atoms with Crippen molar-refractivity contribution >= 4 is 5.95 Å². The SMILES string of the molecule is CC.Cc1cnc(N)n1-c1ccccc1. The molecular weight excluding hydrogens is 186 g/mol. The van der Waals surface area contributed by atoms with E-state index in [9.17, 15) is 0 Å². The fourth-order valence-electron chi connectivity index (χ4n) is 1.37. The van der Waals surface area contributed by atoms with Crippen molar-refractivity contribution in [3.8, 4) is 5.69 Å². The Bertz CT molecular complexity index is 385. The number of nitrogens with two attached hydrogens (primary N) is 1. The Morgan fingerprint density at radius 2 is 1.73 bits per heavy atom. The zero-order valence-electron chi connectivity index (χ0n) is 9.44. The number of benzene rings is 1. The summed E-state index contributed by atoms with van der Waals surface area (Å²) < 4.78 is 1.92. The summed E-state index contributed by atoms with van der Waals surface area (Å²) in [4.78, 5) is 4.03. The first-order valence-corrected chi connectivity index (χ1v) is 5.14. The van der Waals surface area contributed by atoms with E-state index in [4.69, 9.17) is 5.73 Å². The first-order valence-electron chi connectivity index (χ1n) is 5.14. The smallest absolute Gasteiger partial charge is 0.205 e. The lowest BCUT2D eigenvalue weighted by Crippen LogP contribution is -2.01. The molecular formula is C12H17N3. The molecule has 3 heteroatoms. The van der Waals surface area contributed by atoms with Crippen LogP contribution in [-0.4, -0.2) is 9.55 Å². The fourth-order valence-corrected chi connectivity index (χ4v) is 1.37. The van der Waals surface area contributed by atoms with Crippen molar-refractivity contribution in [2.45, 2.75) is 20.8 Å². The van der Waals surface area contributed by atoms with Crippen LogP contribution in [0.5, 0.6) is 0 Å². The monoisotopic (exact) mass is 203 g/mol. The van der Waals surface area contributed by atoms with Crippen LogP contribution in [-0.2, 0) is 0 Å². The number of anilines is 1. The lowest BCUT2D eigenvalue weighted by Gasteiger charge is -2.05. The van der Waals surface area contributed by atoms with E-state index >= 15 is 0 Å². The van der Waals surface area contributed by atoms with Crippen LogP contribution in [0, 0.1) is 6.92 Å². The molecule has 0 saturated carbocycles. The van der Waals surface area contributed by atoms with Crippen LogP contribution in [0.4, 0.5) is 5.95 Å². The van der Waals surface area contributed by atoms with Gasteiger partial charge in [-0.15, -0.1) is 0 Å². The third kappa shape index (κ3) is 2.37. The van der Waals surface area contributed by atoms with Crippen molar-refractivity contribution in [3.05, 3.63) is 42.2 Å². The zero-order valence-corrected chi connectivity index (χ0v) is 9.44. The van der Waals surface area contributed by atoms with Gasteiger partial charge in [0.05, 0.1) is 6.20 Å². The maximum Gasteiger partial charge on any atom is 0.205 e. The quantitative estimate of drug-likeness (QED) is 0.774. The summed E-state index contributed by atoms with van der Waals surface area (Å²) >= 11 is 0. The second-order valence-electron chi connectivity index (χ2n) is 2.93. The average molecular weight is 203 g/mol. The highest BCUT2D eigenvalue weighted by Gasteiger charge is 2.03. The van der Waals surface area contributed by atoms with Crippen molar-refractivity contribution in [2.75, 3.05) is 5.73 Å². The molecule has 0 amide bonds. The highest BCUT2D eigenvalue weighted by atomic mass is 15.2. The van der Waals surface area contributed by atoms with Gasteiger partial charge in [-0.1, -0.05) is 32.0 Å². The normalized spacial score (nSPS) is 9.27. The van der Waals surface area contributed by atoms with Crippen molar-refractivity contribution < 1.29 is 0 Å². The van der Waals surface area contributed by atoms with E-state index in [1.54, 1.807) is 6.20 Å². The third-order valence-corrected chi connectivity index (χ3v) is 1.98. The Hall–Kier alpha value is -1.77. The largest absolute Gasteiger partial charge is 0.369 e. The number of rotatable bonds is 1. The van der Waals surface area contributed by atoms with Crippen LogP contribution in [0.3, 0.4) is 0 Å². The Balaban J connectivity index is 0.000000531. The molecule has 0 bridgehead atoms. The number of hydrogen-bond donors (Lipinski definition) is 1. The highest BCUT2D eigenvalue weighted by molar-refractivity contribution is 5.41. The molecule has 0 fully saturated rings. The second-order valence-corrected chi connectivity index (χ2v) is 2.93. The molecule has 0 aliphatic rings. The second kappa shape index (κ2) is 5.20. The van der Waals surface area contributed by atoms with Crippen molar-refractivity contribution in [2.24, 2.45) is 0 Å². The molecule has 0 radical (unpaired) electrons. The van der Waals surface area contributed by atoms with Gasteiger partial charge in [0, 0.05) is 11.4 Å². The molecule has 0 spiro atoms. The van der Waals surface area contributed by atoms with Gasteiger partial charge in [-0.2, -0.15) is 0 Å². The Morgan fingerprint density at radius 3 is 2.20 bits per heavy atom. The number of aryl methyl sites for hydroxylation is 1. The Morgan fingerprint density at radius 1 is 1.13 bits per heavy atom. The van der Waals surface area contributed by atoms with Gasteiger partial charge in [0.1, 0.15) is 0 Å². The molecule has 1 aromatic carbocycles. The van der Waals surface area contributed by atoms with Crippen LogP contribution in [0.1, 0.15) is 19.5 Å². The topological polar surface area (TPSA) is 43.8 Å². The van der Waals surface area contributed by atoms with Crippen molar-refractivity contribution in [3.63, 3.8) is 0 Å². The number of nitrogens with zero attached hydrogens (tertiary/aromatic N) is 2. The maximum atomic E-state index is 5.73. The number of para-hydroxylation sites is 1. The van der Waals surface area contributed by atoms with E-state index in [0.29, 0.717) is 5.95 Å². The fraction of sp³-hybridized carbons (Fsp3) is 0.250. The molecule has 1 heterocycles. The van der Waals surface area contributed by atoms with E-state index in [0.717, 1.165) is 11.4 Å². The molecule has 0 aliphatic carbocycles. The number of imidazole rings is 1. The first-order chi connectivity index (χ1) is 7.29. The molecule has 15 heavy (non-hydrogen) atoms. The van der Waals surface area contributed by atoms with Gasteiger partial charge in [0.25, 0.3) is 0 Å². The molecule has 0 aliphatic heterocycles. The average Bonchev–Trinajstić information content (AvgIpc) is 2.63. The van der Waals surface area contributed by atoms with Crippen LogP contribution in [0.2, 0.25) is 0 Å². The van der Waals surface area contributed by atoms with Gasteiger partial charge in [0.15, 0.2) is 0 Å². The highest BCUT2D eigenvalue weighted by Crippen LogP contribution is 2.14. The molecule has 0 saturated heterocycles. The lowest BCUT2D eigenvalue weighted by molar-refractivity contribution is 1.02. The number of hydrogen-bond acceptors (Lipinski definition) is 2. The minimum absolute atomic E-state index is 0.531. The summed E-state index contributed by atoms with van der Waals surface area (Å²) in [7, 11) is 0. The Labute approximate surface area is 90.6 Å². The predicted octanol–water partition coefficient (Wildman–Crippen LogP) is 2.79. The van der Waals surface area contributed by atoms with Gasteiger partial charge in [0.2, 0.25) is 5.95 Å². The van der Waals surface area contributed by atoms with Gasteiger partial charge < -0.3 is 5.73 Å². The predicted molar refractivity (Wildman–Crippen MR) is 64.1 cm³/mol. The van der Waals surface area contributed by atoms with E-state index in [-0.39, 0.29) is 0 Å². The van der Waals surface area contributed by atoms with E-state index in [1.807, 2.05) is 55.7 Å². The molecule has 80 valence electrons. The molecule has 1 aromatic heterocycles. The molecule has 3 nitrogen and oxygen atoms in total. The summed E-state index contributed by atoms with van der Waals surface area (Å²) in [6.07, 6.45) is 1.77. The van der Waals surface area contributed by atoms with Gasteiger partial charge >= 0.3 is 0 Å². The summed E-state index contributed by atoms with van der Waals surface area (Å²) in [5.74, 6) is 0.531. The van der Waals surface area contributed by atoms with Crippen molar-refractivity contribution in [1.82, 2.24) is 9.55 Å². The third-order valence-electron chi connectivity index (χ3n) is 1.98. The summed E-state index contributed by atoms with van der Waals surface area (Å²) in [6.45, 7) is 5.98. The number of nitrogen functional groups attached to an aromatic ring is 1. The minimum atomic E-state index is 0.531. The molecule has 2 N–H and O–H groups in total. The summed E-state index contributed by atoms with van der Waals surface area (Å²) in [6, 6.07) is 9.95. The standard InChI is InChI=1S/C10H11N3.C2H6/c1-8-7-12-10(11)13(8)9-5-3-2-4-6-9;1-2/h2-7H,1H3,(H2,11,12);1-2H3. The molecule has 2 rings (SSSR count). The summed E-state index contributed by atoms with van der Waals surface area (Å²) in [5, 5.41) is 0. The van der Waals surface area contributed by atoms with Gasteiger partial charge in [-0.3, -0.25) is 4.57 Å². The van der Waals surface area contributed by atoms with E-state index in [1.165, 1.54) is 0 Å².